The summed E-state index contributed by atoms with van der Waals surface area (Å²) in [4.78, 5) is 66.0. The molecule has 2 N–H and O–H groups in total. The zero-order chi connectivity index (χ0) is 42.4. The molecule has 59 heavy (non-hydrogen) atoms. The summed E-state index contributed by atoms with van der Waals surface area (Å²) >= 11 is 6.56. The average molecular weight is 829 g/mol. The van der Waals surface area contributed by atoms with Crippen LogP contribution in [0.15, 0.2) is 67.1 Å². The summed E-state index contributed by atoms with van der Waals surface area (Å²) in [6, 6.07) is 12.4. The Kier molecular flexibility index (Phi) is 13.5. The van der Waals surface area contributed by atoms with E-state index in [1.165, 1.54) is 48.3 Å². The molecule has 1 aliphatic heterocycles. The predicted octanol–water partition coefficient (Wildman–Crippen LogP) is 5.53. The van der Waals surface area contributed by atoms with E-state index in [2.05, 4.69) is 30.6 Å². The molecule has 3 aromatic heterocycles. The summed E-state index contributed by atoms with van der Waals surface area (Å²) < 4.78 is 34.3. The number of halogens is 3. The molecule has 1 unspecified atom stereocenters. The highest BCUT2D eigenvalue weighted by molar-refractivity contribution is 6.34. The van der Waals surface area contributed by atoms with Gasteiger partial charge in [-0.15, -0.1) is 0 Å². The number of imidazole rings is 1. The van der Waals surface area contributed by atoms with E-state index in [-0.39, 0.29) is 75.7 Å². The van der Waals surface area contributed by atoms with Crippen LogP contribution in [0.25, 0.3) is 22.4 Å². The van der Waals surface area contributed by atoms with Crippen LogP contribution in [0.5, 0.6) is 0 Å². The summed E-state index contributed by atoms with van der Waals surface area (Å²) in [6.07, 6.45) is 5.93. The molecule has 4 heterocycles. The van der Waals surface area contributed by atoms with E-state index in [4.69, 9.17) is 11.6 Å². The number of pyridine rings is 1. The molecular formula is C42H47ClF2N10O4. The first kappa shape index (κ1) is 42.6. The lowest BCUT2D eigenvalue weighted by Gasteiger charge is -2.36. The number of rotatable bonds is 14. The van der Waals surface area contributed by atoms with Crippen molar-refractivity contribution in [1.82, 2.24) is 44.3 Å². The van der Waals surface area contributed by atoms with Crippen molar-refractivity contribution in [3.05, 3.63) is 107 Å². The molecule has 17 heteroatoms. The molecular weight excluding hydrogens is 782 g/mol. The fourth-order valence-electron chi connectivity index (χ4n) is 7.02. The fourth-order valence-corrected chi connectivity index (χ4v) is 7.28. The van der Waals surface area contributed by atoms with Gasteiger partial charge in [-0.05, 0) is 76.8 Å². The average Bonchev–Trinajstić information content (AvgIpc) is 3.80. The Morgan fingerprint density at radius 2 is 1.63 bits per heavy atom. The third-order valence-electron chi connectivity index (χ3n) is 10.4. The lowest BCUT2D eigenvalue weighted by Crippen LogP contribution is -2.52. The van der Waals surface area contributed by atoms with Crippen LogP contribution in [-0.2, 0) is 18.4 Å². The van der Waals surface area contributed by atoms with Gasteiger partial charge >= 0.3 is 0 Å². The van der Waals surface area contributed by atoms with E-state index >= 15 is 8.78 Å². The molecule has 14 nitrogen and oxygen atoms in total. The van der Waals surface area contributed by atoms with Crippen molar-refractivity contribution in [2.75, 3.05) is 58.7 Å². The Bertz CT molecular complexity index is 2340. The Labute approximate surface area is 346 Å². The molecule has 1 fully saturated rings. The number of hydrogen-bond acceptors (Lipinski definition) is 8. The maximum atomic E-state index is 15.7. The van der Waals surface area contributed by atoms with Crippen molar-refractivity contribution < 1.29 is 28.0 Å². The van der Waals surface area contributed by atoms with Crippen LogP contribution in [0.1, 0.15) is 56.9 Å². The van der Waals surface area contributed by atoms with Crippen LogP contribution in [0.4, 0.5) is 14.5 Å². The van der Waals surface area contributed by atoms with Gasteiger partial charge in [0, 0.05) is 80.5 Å². The number of hydrogen-bond donors (Lipinski definition) is 2. The lowest BCUT2D eigenvalue weighted by atomic mass is 10.00. The second-order valence-electron chi connectivity index (χ2n) is 14.6. The maximum absolute atomic E-state index is 15.7. The minimum absolute atomic E-state index is 0.0000900. The van der Waals surface area contributed by atoms with Crippen molar-refractivity contribution >= 4 is 40.9 Å². The Hall–Kier alpha value is -6.00. The van der Waals surface area contributed by atoms with Gasteiger partial charge in [0.25, 0.3) is 17.7 Å². The van der Waals surface area contributed by atoms with Crippen LogP contribution in [0, 0.1) is 24.5 Å². The van der Waals surface area contributed by atoms with Gasteiger partial charge in [-0.25, -0.2) is 13.8 Å². The van der Waals surface area contributed by atoms with Crippen molar-refractivity contribution in [3.63, 3.8) is 0 Å². The quantitative estimate of drug-likeness (QED) is 0.149. The maximum Gasteiger partial charge on any atom is 0.291 e. The Balaban J connectivity index is 1.07. The monoisotopic (exact) mass is 828 g/mol. The number of nitrogens with one attached hydrogen (secondary N) is 2. The highest BCUT2D eigenvalue weighted by Gasteiger charge is 2.30. The summed E-state index contributed by atoms with van der Waals surface area (Å²) in [6.45, 7) is 6.66. The Morgan fingerprint density at radius 1 is 0.915 bits per heavy atom. The van der Waals surface area contributed by atoms with Gasteiger partial charge in [0.15, 0.2) is 17.5 Å². The van der Waals surface area contributed by atoms with Crippen molar-refractivity contribution in [1.29, 1.82) is 0 Å². The first-order valence-corrected chi connectivity index (χ1v) is 19.7. The second-order valence-corrected chi connectivity index (χ2v) is 15.0. The zero-order valence-corrected chi connectivity index (χ0v) is 34.4. The van der Waals surface area contributed by atoms with E-state index in [9.17, 15) is 19.2 Å². The molecule has 0 spiro atoms. The molecule has 0 radical (unpaired) electrons. The van der Waals surface area contributed by atoms with E-state index in [1.54, 1.807) is 47.0 Å². The molecule has 0 saturated carbocycles. The number of benzene rings is 2. The van der Waals surface area contributed by atoms with Gasteiger partial charge in [-0.1, -0.05) is 30.7 Å². The summed E-state index contributed by atoms with van der Waals surface area (Å²) in [5, 5.41) is 10.0. The van der Waals surface area contributed by atoms with E-state index in [0.29, 0.717) is 43.1 Å². The third kappa shape index (κ3) is 9.66. The first-order chi connectivity index (χ1) is 28.3. The number of carbonyl (C=O) groups excluding carboxylic acids is 4. The highest BCUT2D eigenvalue weighted by atomic mass is 35.5. The van der Waals surface area contributed by atoms with Gasteiger partial charge < -0.3 is 29.9 Å². The molecule has 1 saturated heterocycles. The molecule has 1 atom stereocenters. The second kappa shape index (κ2) is 18.7. The molecule has 5 aromatic rings. The number of nitrogens with zero attached hydrogens (tertiary/aromatic N) is 8. The normalized spacial score (nSPS) is 13.4. The molecule has 0 aliphatic carbocycles. The first-order valence-electron chi connectivity index (χ1n) is 19.3. The van der Waals surface area contributed by atoms with Gasteiger partial charge in [-0.2, -0.15) is 5.10 Å². The van der Waals surface area contributed by atoms with Crippen LogP contribution < -0.4 is 10.6 Å². The van der Waals surface area contributed by atoms with Gasteiger partial charge in [-0.3, -0.25) is 28.8 Å². The molecule has 0 bridgehead atoms. The topological polar surface area (TPSA) is 151 Å². The van der Waals surface area contributed by atoms with Gasteiger partial charge in [0.1, 0.15) is 5.69 Å². The molecule has 310 valence electrons. The number of aryl methyl sites for hydroxylation is 1. The third-order valence-corrected chi connectivity index (χ3v) is 10.7. The highest BCUT2D eigenvalue weighted by Crippen LogP contribution is 2.33. The number of piperazine rings is 1. The number of anilines is 1. The summed E-state index contributed by atoms with van der Waals surface area (Å²) in [7, 11) is 5.48. The minimum Gasteiger partial charge on any atom is -0.349 e. The van der Waals surface area contributed by atoms with Gasteiger partial charge in [0.05, 0.1) is 34.7 Å². The number of carbonyl (C=O) groups is 4. The number of aromatic nitrogens is 5. The lowest BCUT2D eigenvalue weighted by molar-refractivity contribution is -0.137. The largest absolute Gasteiger partial charge is 0.349 e. The van der Waals surface area contributed by atoms with Crippen LogP contribution in [0.2, 0.25) is 5.02 Å². The molecule has 2 aromatic carbocycles. The number of amides is 4. The predicted molar refractivity (Wildman–Crippen MR) is 220 cm³/mol. The zero-order valence-electron chi connectivity index (χ0n) is 33.6. The van der Waals surface area contributed by atoms with Crippen molar-refractivity contribution in [2.45, 2.75) is 33.2 Å². The molecule has 6 rings (SSSR count). The van der Waals surface area contributed by atoms with E-state index in [0.717, 1.165) is 19.4 Å². The molecule has 1 aliphatic rings. The van der Waals surface area contributed by atoms with E-state index < -0.39 is 17.5 Å². The minimum atomic E-state index is -1.13. The van der Waals surface area contributed by atoms with Crippen LogP contribution in [-0.4, -0.2) is 116 Å². The van der Waals surface area contributed by atoms with Crippen molar-refractivity contribution in [3.8, 4) is 22.4 Å². The molecule has 4 amide bonds. The van der Waals surface area contributed by atoms with Crippen molar-refractivity contribution in [2.24, 2.45) is 13.0 Å². The smallest absolute Gasteiger partial charge is 0.291 e. The summed E-state index contributed by atoms with van der Waals surface area (Å²) in [5.41, 5.74) is 1.74. The van der Waals surface area contributed by atoms with Crippen LogP contribution >= 0.6 is 11.6 Å². The van der Waals surface area contributed by atoms with Crippen LogP contribution in [0.3, 0.4) is 0 Å². The van der Waals surface area contributed by atoms with Gasteiger partial charge in [0.2, 0.25) is 5.91 Å². The fraction of sp³-hybridized carbons (Fsp3) is 0.357. The SMILES string of the molecule is CCC(CCN(C)C)C(=O)N1CCN(C(=O)c2ccc(NC(=O)c3ncc(-c4ccc(-c5cn(CCNC(=O)c6ccccn6)nc5C)c(F)c4F)n3C)cc2Cl)CC1. The van der Waals surface area contributed by atoms with E-state index in [1.807, 2.05) is 25.9 Å². The summed E-state index contributed by atoms with van der Waals surface area (Å²) in [5.74, 6) is -3.50. The Morgan fingerprint density at radius 3 is 2.31 bits per heavy atom. The standard InChI is InChI=1S/C42H47ClF2N10O4/c1-6-27(14-17-51(3)4)41(58)53-19-21-54(22-20-53)42(59)30-11-10-28(23-33(30)43)49-40(57)38-48-24-35(52(38)5)31-13-12-29(36(44)37(31)45)32-25-55(50-26(32)2)18-16-47-39(56)34-9-7-8-15-46-34/h7-13,15,23-25,27H,6,14,16-22H2,1-5H3,(H,47,56)(H,49,57).